The molecular weight excluding hydrogens is 298 g/mol. The molecule has 0 aliphatic carbocycles. The molecule has 0 saturated heterocycles. The van der Waals surface area contributed by atoms with E-state index >= 15 is 0 Å². The van der Waals surface area contributed by atoms with Gasteiger partial charge in [0.15, 0.2) is 15.3 Å². The summed E-state index contributed by atoms with van der Waals surface area (Å²) in [5.41, 5.74) is 4.45. The van der Waals surface area contributed by atoms with E-state index < -0.39 is 9.84 Å². The monoisotopic (exact) mass is 317 g/mol. The van der Waals surface area contributed by atoms with Gasteiger partial charge in [-0.25, -0.2) is 8.42 Å². The summed E-state index contributed by atoms with van der Waals surface area (Å²) < 4.78 is 25.0. The van der Waals surface area contributed by atoms with E-state index in [4.69, 9.17) is 0 Å². The van der Waals surface area contributed by atoms with Gasteiger partial charge in [-0.1, -0.05) is 17.7 Å². The maximum Gasteiger partial charge on any atom is 0.186 e. The third-order valence-corrected chi connectivity index (χ3v) is 4.94. The van der Waals surface area contributed by atoms with Gasteiger partial charge in [-0.15, -0.1) is 0 Å². The highest BCUT2D eigenvalue weighted by Crippen LogP contribution is 2.34. The van der Waals surface area contributed by atoms with Crippen molar-refractivity contribution in [3.63, 3.8) is 0 Å². The first kappa shape index (κ1) is 15.0. The molecule has 1 aliphatic rings. The molecule has 2 aromatic rings. The van der Waals surface area contributed by atoms with E-state index in [1.54, 1.807) is 12.3 Å². The number of aromatic nitrogens is 1. The zero-order chi connectivity index (χ0) is 16.1. The zero-order valence-electron chi connectivity index (χ0n) is 13.0. The minimum atomic E-state index is -3.22. The van der Waals surface area contributed by atoms with Crippen LogP contribution in [-0.2, 0) is 22.0 Å². The van der Waals surface area contributed by atoms with Gasteiger partial charge in [0.05, 0.1) is 11.4 Å². The highest BCUT2D eigenvalue weighted by Gasteiger charge is 2.22. The second-order valence-corrected chi connectivity index (χ2v) is 8.38. The Labute approximate surface area is 130 Å². The Bertz CT molecular complexity index is 910. The van der Waals surface area contributed by atoms with Crippen molar-refractivity contribution in [3.05, 3.63) is 57.4 Å². The molecule has 0 radical (unpaired) electrons. The van der Waals surface area contributed by atoms with Crippen LogP contribution in [0.4, 0.5) is 0 Å². The third-order valence-electron chi connectivity index (χ3n) is 4.11. The molecule has 22 heavy (non-hydrogen) atoms. The summed E-state index contributed by atoms with van der Waals surface area (Å²) in [4.78, 5) is 12.3. The molecule has 1 atom stereocenters. The van der Waals surface area contributed by atoms with E-state index in [2.05, 4.69) is 25.1 Å². The lowest BCUT2D eigenvalue weighted by molar-refractivity contribution is 0.531. The van der Waals surface area contributed by atoms with Crippen molar-refractivity contribution in [1.82, 2.24) is 4.57 Å². The quantitative estimate of drug-likeness (QED) is 0.855. The first-order valence-corrected chi connectivity index (χ1v) is 9.33. The van der Waals surface area contributed by atoms with Gasteiger partial charge in [-0.05, 0) is 31.9 Å². The molecule has 2 heterocycles. The van der Waals surface area contributed by atoms with Gasteiger partial charge < -0.3 is 4.57 Å². The number of rotatable bonds is 2. The lowest BCUT2D eigenvalue weighted by Gasteiger charge is -2.29. The van der Waals surface area contributed by atoms with Gasteiger partial charge in [-0.2, -0.15) is 0 Å². The molecule has 1 aromatic carbocycles. The molecule has 5 heteroatoms. The van der Waals surface area contributed by atoms with Gasteiger partial charge in [0, 0.05) is 35.7 Å². The Balaban J connectivity index is 2.22. The topological polar surface area (TPSA) is 56.1 Å². The summed E-state index contributed by atoms with van der Waals surface area (Å²) in [6.07, 6.45) is 3.75. The fourth-order valence-electron chi connectivity index (χ4n) is 3.09. The summed E-state index contributed by atoms with van der Waals surface area (Å²) in [5.74, 6) is -0.209. The van der Waals surface area contributed by atoms with Crippen LogP contribution >= 0.6 is 0 Å². The summed E-state index contributed by atoms with van der Waals surface area (Å²) in [6.45, 7) is 4.11. The summed E-state index contributed by atoms with van der Waals surface area (Å²) >= 11 is 0. The molecule has 0 spiro atoms. The second kappa shape index (κ2) is 5.09. The Morgan fingerprint density at radius 1 is 1.27 bits per heavy atom. The molecule has 1 aliphatic heterocycles. The molecule has 1 aromatic heterocycles. The fraction of sp³-hybridized carbons (Fsp3) is 0.353. The first-order chi connectivity index (χ1) is 10.2. The van der Waals surface area contributed by atoms with Crippen LogP contribution in [0.25, 0.3) is 11.3 Å². The first-order valence-electron chi connectivity index (χ1n) is 7.27. The van der Waals surface area contributed by atoms with Crippen LogP contribution in [0.3, 0.4) is 0 Å². The Morgan fingerprint density at radius 3 is 2.68 bits per heavy atom. The van der Waals surface area contributed by atoms with Crippen molar-refractivity contribution in [1.29, 1.82) is 0 Å². The van der Waals surface area contributed by atoms with Gasteiger partial charge in [0.1, 0.15) is 0 Å². The largest absolute Gasteiger partial charge is 0.344 e. The highest BCUT2D eigenvalue weighted by molar-refractivity contribution is 7.89. The van der Waals surface area contributed by atoms with Gasteiger partial charge in [0.25, 0.3) is 0 Å². The number of hydrogen-bond donors (Lipinski definition) is 0. The van der Waals surface area contributed by atoms with E-state index in [1.165, 1.54) is 5.56 Å². The SMILES string of the molecule is Cc1ccc2c(c1)-c1cc(=O)c(CS(C)(=O)=O)cn1C(C)C2. The van der Waals surface area contributed by atoms with Gasteiger partial charge >= 0.3 is 0 Å². The van der Waals surface area contributed by atoms with Gasteiger partial charge in [-0.3, -0.25) is 4.79 Å². The smallest absolute Gasteiger partial charge is 0.186 e. The third kappa shape index (κ3) is 2.73. The van der Waals surface area contributed by atoms with Crippen LogP contribution < -0.4 is 5.43 Å². The van der Waals surface area contributed by atoms with Crippen molar-refractivity contribution in [3.8, 4) is 11.3 Å². The number of hydrogen-bond acceptors (Lipinski definition) is 3. The average molecular weight is 317 g/mol. The Hall–Kier alpha value is -1.88. The van der Waals surface area contributed by atoms with Crippen LogP contribution in [0, 0.1) is 6.92 Å². The summed E-state index contributed by atoms with van der Waals surface area (Å²) in [7, 11) is -3.22. The summed E-state index contributed by atoms with van der Waals surface area (Å²) in [5, 5.41) is 0. The van der Waals surface area contributed by atoms with E-state index in [9.17, 15) is 13.2 Å². The zero-order valence-corrected chi connectivity index (χ0v) is 13.8. The predicted octanol–water partition coefficient (Wildman–Crippen LogP) is 2.49. The number of nitrogens with zero attached hydrogens (tertiary/aromatic N) is 1. The standard InChI is InChI=1S/C17H19NO3S/c1-11-4-5-13-7-12(2)18-9-14(10-22(3,20)21)17(19)8-16(18)15(13)6-11/h4-6,8-9,12H,7,10H2,1-3H3. The molecule has 0 fully saturated rings. The second-order valence-electron chi connectivity index (χ2n) is 6.24. The van der Waals surface area contributed by atoms with Crippen LogP contribution in [0.5, 0.6) is 0 Å². The van der Waals surface area contributed by atoms with Crippen molar-refractivity contribution in [2.24, 2.45) is 0 Å². The van der Waals surface area contributed by atoms with Crippen LogP contribution in [0.2, 0.25) is 0 Å². The maximum absolute atomic E-state index is 12.3. The lowest BCUT2D eigenvalue weighted by Crippen LogP contribution is -2.23. The van der Waals surface area contributed by atoms with Crippen molar-refractivity contribution in [2.45, 2.75) is 32.1 Å². The Morgan fingerprint density at radius 2 is 2.00 bits per heavy atom. The number of aryl methyl sites for hydroxylation is 1. The highest BCUT2D eigenvalue weighted by atomic mass is 32.2. The molecule has 3 rings (SSSR count). The van der Waals surface area contributed by atoms with Crippen molar-refractivity contribution < 1.29 is 8.42 Å². The fourth-order valence-corrected chi connectivity index (χ4v) is 3.87. The van der Waals surface area contributed by atoms with Crippen molar-refractivity contribution >= 4 is 9.84 Å². The molecule has 1 unspecified atom stereocenters. The average Bonchev–Trinajstić information content (AvgIpc) is 2.40. The molecule has 116 valence electrons. The molecule has 0 saturated carbocycles. The minimum Gasteiger partial charge on any atom is -0.344 e. The number of benzene rings is 1. The van der Waals surface area contributed by atoms with E-state index in [0.717, 1.165) is 29.5 Å². The Kier molecular flexibility index (Phi) is 3.48. The van der Waals surface area contributed by atoms with Crippen molar-refractivity contribution in [2.75, 3.05) is 6.26 Å². The summed E-state index contributed by atoms with van der Waals surface area (Å²) in [6, 6.07) is 8.05. The molecular formula is C17H19NO3S. The van der Waals surface area contributed by atoms with Crippen LogP contribution in [0.15, 0.2) is 35.3 Å². The van der Waals surface area contributed by atoms with E-state index in [0.29, 0.717) is 5.56 Å². The van der Waals surface area contributed by atoms with Crippen LogP contribution in [0.1, 0.15) is 29.7 Å². The normalized spacial score (nSPS) is 17.0. The molecule has 0 N–H and O–H groups in total. The molecule has 4 nitrogen and oxygen atoms in total. The molecule has 0 bridgehead atoms. The van der Waals surface area contributed by atoms with Gasteiger partial charge in [0.2, 0.25) is 0 Å². The predicted molar refractivity (Wildman–Crippen MR) is 87.8 cm³/mol. The molecule has 0 amide bonds. The number of sulfone groups is 1. The number of pyridine rings is 1. The maximum atomic E-state index is 12.3. The van der Waals surface area contributed by atoms with E-state index in [1.807, 2.05) is 11.5 Å². The van der Waals surface area contributed by atoms with E-state index in [-0.39, 0.29) is 17.2 Å². The van der Waals surface area contributed by atoms with Crippen LogP contribution in [-0.4, -0.2) is 19.2 Å². The lowest BCUT2D eigenvalue weighted by atomic mass is 9.92. The minimum absolute atomic E-state index is 0.198. The number of fused-ring (bicyclic) bond motifs is 3.